The van der Waals surface area contributed by atoms with Crippen LogP contribution in [0.3, 0.4) is 0 Å². The Bertz CT molecular complexity index is 319. The fourth-order valence-electron chi connectivity index (χ4n) is 4.98. The van der Waals surface area contributed by atoms with E-state index in [9.17, 15) is 4.79 Å². The van der Waals surface area contributed by atoms with Crippen molar-refractivity contribution in [2.75, 3.05) is 0 Å². The van der Waals surface area contributed by atoms with Crippen LogP contribution in [0.1, 0.15) is 71.1 Å². The van der Waals surface area contributed by atoms with Gasteiger partial charge in [0.1, 0.15) is 6.10 Å². The summed E-state index contributed by atoms with van der Waals surface area (Å²) in [4.78, 5) is 11.6. The average Bonchev–Trinajstić information content (AvgIpc) is 2.99. The van der Waals surface area contributed by atoms with Crippen LogP contribution in [0.15, 0.2) is 0 Å². The van der Waals surface area contributed by atoms with E-state index >= 15 is 0 Å². The minimum Gasteiger partial charge on any atom is -0.462 e. The molecule has 3 rings (SSSR count). The molecule has 4 atom stereocenters. The number of rotatable bonds is 4. The molecule has 0 unspecified atom stereocenters. The minimum absolute atomic E-state index is 0.0364. The molecule has 0 aromatic carbocycles. The van der Waals surface area contributed by atoms with Crippen LogP contribution < -0.4 is 0 Å². The Balaban J connectivity index is 1.51. The van der Waals surface area contributed by atoms with Gasteiger partial charge in [-0.3, -0.25) is 4.79 Å². The highest BCUT2D eigenvalue weighted by Gasteiger charge is 2.49. The van der Waals surface area contributed by atoms with Crippen LogP contribution in [0, 0.1) is 23.7 Å². The third-order valence-electron chi connectivity index (χ3n) is 5.84. The first-order valence-corrected chi connectivity index (χ1v) is 8.47. The number of ether oxygens (including phenoxy) is 1. The van der Waals surface area contributed by atoms with Crippen molar-refractivity contribution in [3.05, 3.63) is 0 Å². The summed E-state index contributed by atoms with van der Waals surface area (Å²) in [6.45, 7) is 2.04. The summed E-state index contributed by atoms with van der Waals surface area (Å²) < 4.78 is 5.68. The van der Waals surface area contributed by atoms with Crippen LogP contribution in [0.25, 0.3) is 0 Å². The Morgan fingerprint density at radius 3 is 2.42 bits per heavy atom. The molecule has 3 aliphatic rings. The first-order valence-electron chi connectivity index (χ1n) is 8.47. The molecule has 108 valence electrons. The Morgan fingerprint density at radius 1 is 1.00 bits per heavy atom. The van der Waals surface area contributed by atoms with E-state index in [4.69, 9.17) is 4.74 Å². The molecule has 0 spiro atoms. The lowest BCUT2D eigenvalue weighted by Crippen LogP contribution is -2.31. The van der Waals surface area contributed by atoms with Crippen molar-refractivity contribution in [2.24, 2.45) is 23.7 Å². The molecule has 0 aromatic heterocycles. The van der Waals surface area contributed by atoms with E-state index in [0.29, 0.717) is 12.3 Å². The fraction of sp³-hybridized carbons (Fsp3) is 0.941. The molecule has 19 heavy (non-hydrogen) atoms. The summed E-state index contributed by atoms with van der Waals surface area (Å²) in [6.07, 6.45) is 12.9. The first kappa shape index (κ1) is 13.5. The summed E-state index contributed by atoms with van der Waals surface area (Å²) >= 11 is 0. The number of hydrogen-bond acceptors (Lipinski definition) is 2. The molecule has 0 N–H and O–H groups in total. The molecule has 3 saturated carbocycles. The summed E-state index contributed by atoms with van der Waals surface area (Å²) in [6, 6.07) is 0. The van der Waals surface area contributed by atoms with Gasteiger partial charge in [-0.1, -0.05) is 39.0 Å². The second kappa shape index (κ2) is 5.85. The van der Waals surface area contributed by atoms with Gasteiger partial charge in [-0.05, 0) is 49.4 Å². The van der Waals surface area contributed by atoms with Crippen molar-refractivity contribution < 1.29 is 9.53 Å². The molecule has 2 nitrogen and oxygen atoms in total. The third kappa shape index (κ3) is 2.83. The molecule has 0 aliphatic heterocycles. The van der Waals surface area contributed by atoms with Crippen molar-refractivity contribution in [3.8, 4) is 0 Å². The van der Waals surface area contributed by atoms with Gasteiger partial charge in [0.15, 0.2) is 0 Å². The van der Waals surface area contributed by atoms with Gasteiger partial charge in [0.2, 0.25) is 0 Å². The van der Waals surface area contributed by atoms with Crippen molar-refractivity contribution in [2.45, 2.75) is 77.2 Å². The summed E-state index contributed by atoms with van der Waals surface area (Å²) in [7, 11) is 0. The van der Waals surface area contributed by atoms with Crippen LogP contribution in [0.4, 0.5) is 0 Å². The lowest BCUT2D eigenvalue weighted by atomic mass is 9.72. The third-order valence-corrected chi connectivity index (χ3v) is 5.84. The molecule has 0 heterocycles. The van der Waals surface area contributed by atoms with E-state index in [1.165, 1.54) is 51.4 Å². The zero-order valence-electron chi connectivity index (χ0n) is 12.3. The van der Waals surface area contributed by atoms with Gasteiger partial charge in [-0.25, -0.2) is 0 Å². The zero-order valence-corrected chi connectivity index (χ0v) is 12.3. The molecule has 0 amide bonds. The summed E-state index contributed by atoms with van der Waals surface area (Å²) in [5.41, 5.74) is 0. The van der Waals surface area contributed by atoms with Gasteiger partial charge in [-0.15, -0.1) is 0 Å². The first-order chi connectivity index (χ1) is 9.28. The maximum Gasteiger partial charge on any atom is 0.306 e. The lowest BCUT2D eigenvalue weighted by Gasteiger charge is -2.35. The second-order valence-electron chi connectivity index (χ2n) is 7.07. The van der Waals surface area contributed by atoms with Crippen LogP contribution >= 0.6 is 0 Å². The van der Waals surface area contributed by atoms with Crippen LogP contribution in [-0.4, -0.2) is 12.1 Å². The Labute approximate surface area is 117 Å². The van der Waals surface area contributed by atoms with Gasteiger partial charge in [0, 0.05) is 6.42 Å². The highest BCUT2D eigenvalue weighted by Crippen LogP contribution is 2.54. The molecule has 0 saturated heterocycles. The Hall–Kier alpha value is -0.530. The molecule has 3 aliphatic carbocycles. The van der Waals surface area contributed by atoms with E-state index < -0.39 is 0 Å². The summed E-state index contributed by atoms with van der Waals surface area (Å²) in [5.74, 6) is 3.56. The van der Waals surface area contributed by atoms with Gasteiger partial charge in [0.05, 0.1) is 0 Å². The van der Waals surface area contributed by atoms with E-state index in [1.807, 2.05) is 6.92 Å². The largest absolute Gasteiger partial charge is 0.462 e. The van der Waals surface area contributed by atoms with Crippen LogP contribution in [0.2, 0.25) is 0 Å². The number of carbonyl (C=O) groups is 1. The molecule has 0 aromatic rings. The van der Waals surface area contributed by atoms with Crippen molar-refractivity contribution >= 4 is 5.97 Å². The predicted octanol–water partition coefficient (Wildman–Crippen LogP) is 4.32. The monoisotopic (exact) mass is 264 g/mol. The molecular formula is C17H28O2. The van der Waals surface area contributed by atoms with Gasteiger partial charge in [0.25, 0.3) is 0 Å². The van der Waals surface area contributed by atoms with Gasteiger partial charge >= 0.3 is 5.97 Å². The smallest absolute Gasteiger partial charge is 0.306 e. The van der Waals surface area contributed by atoms with E-state index in [0.717, 1.165) is 24.2 Å². The molecule has 3 fully saturated rings. The topological polar surface area (TPSA) is 26.3 Å². The lowest BCUT2D eigenvalue weighted by molar-refractivity contribution is -0.152. The van der Waals surface area contributed by atoms with Crippen molar-refractivity contribution in [1.29, 1.82) is 0 Å². The maximum atomic E-state index is 11.6. The molecule has 0 radical (unpaired) electrons. The zero-order chi connectivity index (χ0) is 13.2. The standard InChI is InChI=1S/C17H28O2/c1-2-6-17(18)19-16-11-13-9-14(16)10-15(13)12-7-4-3-5-8-12/h12-16H,2-11H2,1H3/t13-,14-,15-,16+/m1/s1. The molecule has 2 heteroatoms. The summed E-state index contributed by atoms with van der Waals surface area (Å²) in [5, 5.41) is 0. The van der Waals surface area contributed by atoms with E-state index in [1.54, 1.807) is 0 Å². The van der Waals surface area contributed by atoms with Gasteiger partial charge in [-0.2, -0.15) is 0 Å². The minimum atomic E-state index is 0.0364. The van der Waals surface area contributed by atoms with E-state index in [-0.39, 0.29) is 12.1 Å². The second-order valence-corrected chi connectivity index (χ2v) is 7.07. The van der Waals surface area contributed by atoms with Gasteiger partial charge < -0.3 is 4.74 Å². The predicted molar refractivity (Wildman–Crippen MR) is 75.7 cm³/mol. The Morgan fingerprint density at radius 2 is 1.79 bits per heavy atom. The molecule has 2 bridgehead atoms. The average molecular weight is 264 g/mol. The number of fused-ring (bicyclic) bond motifs is 2. The fourth-order valence-corrected chi connectivity index (χ4v) is 4.98. The van der Waals surface area contributed by atoms with Crippen LogP contribution in [0.5, 0.6) is 0 Å². The quantitative estimate of drug-likeness (QED) is 0.707. The van der Waals surface area contributed by atoms with Crippen molar-refractivity contribution in [1.82, 2.24) is 0 Å². The SMILES string of the molecule is CCCC(=O)O[C@H]1C[C@H]2C[C@@H]1C[C@@H]2C1CCCCC1. The maximum absolute atomic E-state index is 11.6. The Kier molecular flexibility index (Phi) is 4.14. The number of esters is 1. The van der Waals surface area contributed by atoms with Crippen LogP contribution in [-0.2, 0) is 9.53 Å². The highest BCUT2D eigenvalue weighted by molar-refractivity contribution is 5.69. The normalized spacial score (nSPS) is 38.6. The van der Waals surface area contributed by atoms with E-state index in [2.05, 4.69) is 0 Å². The highest BCUT2D eigenvalue weighted by atomic mass is 16.5. The number of hydrogen-bond donors (Lipinski definition) is 0. The molecular weight excluding hydrogens is 236 g/mol. The number of carbonyl (C=O) groups excluding carboxylic acids is 1. The van der Waals surface area contributed by atoms with Crippen molar-refractivity contribution in [3.63, 3.8) is 0 Å².